The predicted octanol–water partition coefficient (Wildman–Crippen LogP) is 0.821. The summed E-state index contributed by atoms with van der Waals surface area (Å²) in [6.45, 7) is 2.51. The van der Waals surface area contributed by atoms with E-state index in [9.17, 15) is 4.79 Å². The van der Waals surface area contributed by atoms with Gasteiger partial charge in [0, 0.05) is 17.8 Å². The molecule has 1 aliphatic rings. The molecule has 0 bridgehead atoms. The molecule has 1 aromatic carbocycles. The Morgan fingerprint density at radius 1 is 1.50 bits per heavy atom. The summed E-state index contributed by atoms with van der Waals surface area (Å²) in [5.41, 5.74) is 9.19. The molecule has 0 radical (unpaired) electrons. The van der Waals surface area contributed by atoms with E-state index in [4.69, 9.17) is 5.73 Å². The van der Waals surface area contributed by atoms with E-state index in [-0.39, 0.29) is 5.91 Å². The maximum Gasteiger partial charge on any atom is 0.251 e. The van der Waals surface area contributed by atoms with Gasteiger partial charge in [0.15, 0.2) is 0 Å². The zero-order chi connectivity index (χ0) is 8.72. The van der Waals surface area contributed by atoms with Crippen LogP contribution in [-0.2, 0) is 6.54 Å². The minimum atomic E-state index is 0.00750. The summed E-state index contributed by atoms with van der Waals surface area (Å²) in [6, 6.07) is 3.70. The summed E-state index contributed by atoms with van der Waals surface area (Å²) in [5.74, 6) is 0.00750. The van der Waals surface area contributed by atoms with Gasteiger partial charge in [0.2, 0.25) is 0 Å². The number of nitrogens with one attached hydrogen (secondary N) is 1. The molecule has 3 nitrogen and oxygen atoms in total. The molecule has 62 valence electrons. The van der Waals surface area contributed by atoms with Gasteiger partial charge in [0.1, 0.15) is 0 Å². The molecule has 0 unspecified atom stereocenters. The first-order valence-corrected chi connectivity index (χ1v) is 3.85. The van der Waals surface area contributed by atoms with Crippen molar-refractivity contribution >= 4 is 11.6 Å². The summed E-state index contributed by atoms with van der Waals surface area (Å²) in [4.78, 5) is 11.2. The number of anilines is 1. The van der Waals surface area contributed by atoms with Crippen LogP contribution in [0.3, 0.4) is 0 Å². The Labute approximate surface area is 70.6 Å². The number of hydrogen-bond donors (Lipinski definition) is 2. The Balaban J connectivity index is 2.63. The highest BCUT2D eigenvalue weighted by Crippen LogP contribution is 2.21. The number of aryl methyl sites for hydroxylation is 1. The maximum absolute atomic E-state index is 11.2. The van der Waals surface area contributed by atoms with E-state index in [1.807, 2.05) is 19.1 Å². The van der Waals surface area contributed by atoms with Crippen LogP contribution < -0.4 is 11.1 Å². The summed E-state index contributed by atoms with van der Waals surface area (Å²) < 4.78 is 0. The number of rotatable bonds is 0. The van der Waals surface area contributed by atoms with Gasteiger partial charge in [-0.05, 0) is 30.2 Å². The van der Waals surface area contributed by atoms with Gasteiger partial charge in [-0.25, -0.2) is 0 Å². The highest BCUT2D eigenvalue weighted by atomic mass is 16.1. The number of fused-ring (bicyclic) bond motifs is 1. The van der Waals surface area contributed by atoms with Crippen molar-refractivity contribution in [2.24, 2.45) is 0 Å². The van der Waals surface area contributed by atoms with Crippen molar-refractivity contribution in [3.05, 3.63) is 28.8 Å². The molecular weight excluding hydrogens is 152 g/mol. The van der Waals surface area contributed by atoms with Crippen molar-refractivity contribution in [2.75, 3.05) is 5.73 Å². The van der Waals surface area contributed by atoms with Crippen molar-refractivity contribution < 1.29 is 4.79 Å². The largest absolute Gasteiger partial charge is 0.399 e. The molecular formula is C9H10N2O. The zero-order valence-electron chi connectivity index (χ0n) is 6.85. The lowest BCUT2D eigenvalue weighted by atomic mass is 10.1. The van der Waals surface area contributed by atoms with Gasteiger partial charge in [-0.2, -0.15) is 0 Å². The number of nitrogen functional groups attached to an aromatic ring is 1. The third-order valence-electron chi connectivity index (χ3n) is 2.18. The molecule has 0 spiro atoms. The summed E-state index contributed by atoms with van der Waals surface area (Å²) in [7, 11) is 0. The average Bonchev–Trinajstić information content (AvgIpc) is 2.35. The molecule has 1 aliphatic heterocycles. The molecule has 0 aliphatic carbocycles. The molecule has 3 N–H and O–H groups in total. The fourth-order valence-electron chi connectivity index (χ4n) is 1.40. The molecule has 0 saturated carbocycles. The van der Waals surface area contributed by atoms with E-state index < -0.39 is 0 Å². The smallest absolute Gasteiger partial charge is 0.251 e. The number of carbonyl (C=O) groups is 1. The van der Waals surface area contributed by atoms with E-state index in [1.54, 1.807) is 0 Å². The van der Waals surface area contributed by atoms with Crippen LogP contribution >= 0.6 is 0 Å². The monoisotopic (exact) mass is 162 g/mol. The summed E-state index contributed by atoms with van der Waals surface area (Å²) >= 11 is 0. The Hall–Kier alpha value is -1.51. The Bertz CT molecular complexity index is 358. The van der Waals surface area contributed by atoms with Crippen LogP contribution in [0.2, 0.25) is 0 Å². The molecule has 0 atom stereocenters. The van der Waals surface area contributed by atoms with Crippen LogP contribution in [0.1, 0.15) is 21.5 Å². The molecule has 0 fully saturated rings. The lowest BCUT2D eigenvalue weighted by molar-refractivity contribution is 0.0965. The fourth-order valence-corrected chi connectivity index (χ4v) is 1.40. The van der Waals surface area contributed by atoms with Crippen molar-refractivity contribution in [1.82, 2.24) is 5.32 Å². The summed E-state index contributed by atoms with van der Waals surface area (Å²) in [6.07, 6.45) is 0. The quantitative estimate of drug-likeness (QED) is 0.555. The van der Waals surface area contributed by atoms with Gasteiger partial charge in [-0.3, -0.25) is 4.79 Å². The van der Waals surface area contributed by atoms with Crippen LogP contribution in [0.4, 0.5) is 5.69 Å². The molecule has 1 aromatic rings. The first-order valence-electron chi connectivity index (χ1n) is 3.85. The number of benzene rings is 1. The normalized spacial score (nSPS) is 14.2. The minimum absolute atomic E-state index is 0.00750. The highest BCUT2D eigenvalue weighted by Gasteiger charge is 2.18. The Kier molecular flexibility index (Phi) is 1.33. The van der Waals surface area contributed by atoms with Crippen LogP contribution in [0, 0.1) is 6.92 Å². The van der Waals surface area contributed by atoms with Crippen molar-refractivity contribution in [3.63, 3.8) is 0 Å². The second kappa shape index (κ2) is 2.24. The molecule has 0 saturated heterocycles. The van der Waals surface area contributed by atoms with E-state index in [0.29, 0.717) is 6.54 Å². The maximum atomic E-state index is 11.2. The molecule has 0 aromatic heterocycles. The van der Waals surface area contributed by atoms with Gasteiger partial charge in [-0.1, -0.05) is 0 Å². The SMILES string of the molecule is Cc1cc2c(cc1N)CNC2=O. The van der Waals surface area contributed by atoms with Crippen molar-refractivity contribution in [2.45, 2.75) is 13.5 Å². The number of nitrogens with two attached hydrogens (primary N) is 1. The molecule has 3 heteroatoms. The molecule has 1 amide bonds. The van der Waals surface area contributed by atoms with Crippen LogP contribution in [-0.4, -0.2) is 5.91 Å². The van der Waals surface area contributed by atoms with E-state index in [1.165, 1.54) is 0 Å². The minimum Gasteiger partial charge on any atom is -0.399 e. The third-order valence-corrected chi connectivity index (χ3v) is 2.18. The second-order valence-electron chi connectivity index (χ2n) is 3.05. The zero-order valence-corrected chi connectivity index (χ0v) is 6.85. The van der Waals surface area contributed by atoms with E-state index >= 15 is 0 Å². The van der Waals surface area contributed by atoms with Gasteiger partial charge in [0.05, 0.1) is 0 Å². The molecule has 2 rings (SSSR count). The van der Waals surface area contributed by atoms with Gasteiger partial charge < -0.3 is 11.1 Å². The van der Waals surface area contributed by atoms with E-state index in [0.717, 1.165) is 22.4 Å². The Morgan fingerprint density at radius 2 is 2.25 bits per heavy atom. The van der Waals surface area contributed by atoms with E-state index in [2.05, 4.69) is 5.32 Å². The first kappa shape index (κ1) is 7.16. The third kappa shape index (κ3) is 0.863. The van der Waals surface area contributed by atoms with Gasteiger partial charge in [-0.15, -0.1) is 0 Å². The molecule has 12 heavy (non-hydrogen) atoms. The second-order valence-corrected chi connectivity index (χ2v) is 3.05. The van der Waals surface area contributed by atoms with Crippen LogP contribution in [0.15, 0.2) is 12.1 Å². The topological polar surface area (TPSA) is 55.1 Å². The highest BCUT2D eigenvalue weighted by molar-refractivity contribution is 5.99. The lowest BCUT2D eigenvalue weighted by Gasteiger charge is -2.01. The standard InChI is InChI=1S/C9H10N2O/c1-5-2-7-6(3-8(5)10)4-11-9(7)12/h2-3H,4,10H2,1H3,(H,11,12). The van der Waals surface area contributed by atoms with Crippen molar-refractivity contribution in [3.8, 4) is 0 Å². The fraction of sp³-hybridized carbons (Fsp3) is 0.222. The van der Waals surface area contributed by atoms with Crippen LogP contribution in [0.5, 0.6) is 0 Å². The van der Waals surface area contributed by atoms with Crippen molar-refractivity contribution in [1.29, 1.82) is 0 Å². The lowest BCUT2D eigenvalue weighted by Crippen LogP contribution is -2.12. The molecule has 1 heterocycles. The van der Waals surface area contributed by atoms with Gasteiger partial charge in [0.25, 0.3) is 5.91 Å². The predicted molar refractivity (Wildman–Crippen MR) is 46.8 cm³/mol. The summed E-state index contributed by atoms with van der Waals surface area (Å²) in [5, 5.41) is 2.74. The number of hydrogen-bond acceptors (Lipinski definition) is 2. The Morgan fingerprint density at radius 3 is 3.00 bits per heavy atom. The number of amides is 1. The van der Waals surface area contributed by atoms with Gasteiger partial charge >= 0.3 is 0 Å². The van der Waals surface area contributed by atoms with Crippen LogP contribution in [0.25, 0.3) is 0 Å². The average molecular weight is 162 g/mol. The number of carbonyl (C=O) groups excluding carboxylic acids is 1. The first-order chi connectivity index (χ1) is 5.68.